The van der Waals surface area contributed by atoms with Gasteiger partial charge in [0.15, 0.2) is 23.9 Å². The Morgan fingerprint density at radius 1 is 1.32 bits per heavy atom. The quantitative estimate of drug-likeness (QED) is 0.462. The van der Waals surface area contributed by atoms with E-state index in [1.165, 1.54) is 6.08 Å². The van der Waals surface area contributed by atoms with Gasteiger partial charge in [-0.05, 0) is 24.6 Å². The van der Waals surface area contributed by atoms with Gasteiger partial charge >= 0.3 is 5.97 Å². The standard InChI is InChI=1S/C14H14O5/c1-2-3-4-14(16)17-8-11(15)10-5-6-12-13(7-10)19-9-18-12/h3-7H,2,8-9H2,1H3/b4-3+. The molecule has 0 unspecified atom stereocenters. The Morgan fingerprint density at radius 3 is 2.89 bits per heavy atom. The number of benzene rings is 1. The lowest BCUT2D eigenvalue weighted by molar-refractivity contribution is -0.136. The normalized spacial score (nSPS) is 12.7. The number of Topliss-reactive ketones (excluding diaryl/α,β-unsaturated/α-hetero) is 1. The van der Waals surface area contributed by atoms with Crippen LogP contribution in [0.15, 0.2) is 30.4 Å². The average Bonchev–Trinajstić information content (AvgIpc) is 2.89. The first kappa shape index (κ1) is 13.1. The third kappa shape index (κ3) is 3.34. The highest BCUT2D eigenvalue weighted by atomic mass is 16.7. The molecule has 0 atom stereocenters. The van der Waals surface area contributed by atoms with Crippen molar-refractivity contribution in [2.24, 2.45) is 0 Å². The number of allylic oxidation sites excluding steroid dienone is 1. The lowest BCUT2D eigenvalue weighted by Crippen LogP contribution is -2.12. The largest absolute Gasteiger partial charge is 0.454 e. The van der Waals surface area contributed by atoms with Crippen molar-refractivity contribution in [2.75, 3.05) is 13.4 Å². The van der Waals surface area contributed by atoms with E-state index >= 15 is 0 Å². The van der Waals surface area contributed by atoms with Gasteiger partial charge in [-0.2, -0.15) is 0 Å². The Morgan fingerprint density at radius 2 is 2.11 bits per heavy atom. The molecule has 1 heterocycles. The van der Waals surface area contributed by atoms with Crippen LogP contribution in [0.2, 0.25) is 0 Å². The third-order valence-corrected chi connectivity index (χ3v) is 2.53. The predicted octanol–water partition coefficient (Wildman–Crippen LogP) is 2.11. The zero-order valence-corrected chi connectivity index (χ0v) is 10.5. The number of esters is 1. The minimum Gasteiger partial charge on any atom is -0.454 e. The van der Waals surface area contributed by atoms with Crippen LogP contribution < -0.4 is 9.47 Å². The van der Waals surface area contributed by atoms with E-state index in [0.29, 0.717) is 17.1 Å². The first-order chi connectivity index (χ1) is 9.20. The number of rotatable bonds is 5. The first-order valence-corrected chi connectivity index (χ1v) is 5.97. The van der Waals surface area contributed by atoms with Gasteiger partial charge in [0.2, 0.25) is 6.79 Å². The summed E-state index contributed by atoms with van der Waals surface area (Å²) in [5, 5.41) is 0. The molecule has 0 fully saturated rings. The molecule has 0 N–H and O–H groups in total. The van der Waals surface area contributed by atoms with Gasteiger partial charge < -0.3 is 14.2 Å². The van der Waals surface area contributed by atoms with Crippen LogP contribution in [0.25, 0.3) is 0 Å². The van der Waals surface area contributed by atoms with Crippen LogP contribution >= 0.6 is 0 Å². The predicted molar refractivity (Wildman–Crippen MR) is 67.3 cm³/mol. The minimum absolute atomic E-state index is 0.157. The molecule has 0 radical (unpaired) electrons. The van der Waals surface area contributed by atoms with E-state index in [1.54, 1.807) is 24.3 Å². The number of carbonyl (C=O) groups excluding carboxylic acids is 2. The molecule has 0 saturated carbocycles. The smallest absolute Gasteiger partial charge is 0.330 e. The van der Waals surface area contributed by atoms with E-state index in [9.17, 15) is 9.59 Å². The van der Waals surface area contributed by atoms with Crippen LogP contribution in [0.4, 0.5) is 0 Å². The maximum absolute atomic E-state index is 11.8. The molecule has 100 valence electrons. The minimum atomic E-state index is -0.518. The summed E-state index contributed by atoms with van der Waals surface area (Å²) in [6.07, 6.45) is 3.73. The number of fused-ring (bicyclic) bond motifs is 1. The van der Waals surface area contributed by atoms with Crippen molar-refractivity contribution >= 4 is 11.8 Å². The maximum Gasteiger partial charge on any atom is 0.330 e. The van der Waals surface area contributed by atoms with Crippen molar-refractivity contribution in [2.45, 2.75) is 13.3 Å². The molecule has 1 aromatic carbocycles. The highest BCUT2D eigenvalue weighted by Crippen LogP contribution is 2.32. The van der Waals surface area contributed by atoms with Crippen molar-refractivity contribution in [3.05, 3.63) is 35.9 Å². The molecule has 2 rings (SSSR count). The fourth-order valence-electron chi connectivity index (χ4n) is 1.55. The Bertz CT molecular complexity index is 519. The Hall–Kier alpha value is -2.30. The molecule has 0 aromatic heterocycles. The summed E-state index contributed by atoms with van der Waals surface area (Å²) < 4.78 is 15.2. The number of carbonyl (C=O) groups is 2. The van der Waals surface area contributed by atoms with Crippen molar-refractivity contribution in [1.29, 1.82) is 0 Å². The molecule has 0 saturated heterocycles. The molecule has 19 heavy (non-hydrogen) atoms. The third-order valence-electron chi connectivity index (χ3n) is 2.53. The van der Waals surface area contributed by atoms with Crippen LogP contribution in [-0.4, -0.2) is 25.2 Å². The Labute approximate surface area is 110 Å². The van der Waals surface area contributed by atoms with Crippen molar-refractivity contribution in [1.82, 2.24) is 0 Å². The summed E-state index contributed by atoms with van der Waals surface area (Å²) in [5.41, 5.74) is 0.427. The number of ketones is 1. The molecule has 0 spiro atoms. The fraction of sp³-hybridized carbons (Fsp3) is 0.286. The Balaban J connectivity index is 1.93. The van der Waals surface area contributed by atoms with Crippen molar-refractivity contribution < 1.29 is 23.8 Å². The molecule has 1 aliphatic heterocycles. The van der Waals surface area contributed by atoms with Gasteiger partial charge in [0.25, 0.3) is 0 Å². The second-order valence-electron chi connectivity index (χ2n) is 3.91. The van der Waals surface area contributed by atoms with Crippen LogP contribution in [0.5, 0.6) is 11.5 Å². The summed E-state index contributed by atoms with van der Waals surface area (Å²) in [5.74, 6) is 0.343. The molecule has 1 aromatic rings. The summed E-state index contributed by atoms with van der Waals surface area (Å²) in [6, 6.07) is 4.86. The van der Waals surface area contributed by atoms with E-state index in [4.69, 9.17) is 14.2 Å². The van der Waals surface area contributed by atoms with Gasteiger partial charge in [-0.15, -0.1) is 0 Å². The number of hydrogen-bond acceptors (Lipinski definition) is 5. The summed E-state index contributed by atoms with van der Waals surface area (Å²) in [4.78, 5) is 23.0. The van der Waals surface area contributed by atoms with Gasteiger partial charge in [-0.1, -0.05) is 13.0 Å². The summed E-state index contributed by atoms with van der Waals surface area (Å²) in [7, 11) is 0. The Kier molecular flexibility index (Phi) is 4.18. The van der Waals surface area contributed by atoms with Crippen molar-refractivity contribution in [3.63, 3.8) is 0 Å². The molecule has 1 aliphatic rings. The molecule has 5 heteroatoms. The zero-order valence-electron chi connectivity index (χ0n) is 10.5. The summed E-state index contributed by atoms with van der Waals surface area (Å²) >= 11 is 0. The number of ether oxygens (including phenoxy) is 3. The zero-order chi connectivity index (χ0) is 13.7. The monoisotopic (exact) mass is 262 g/mol. The summed E-state index contributed by atoms with van der Waals surface area (Å²) in [6.45, 7) is 1.78. The van der Waals surface area contributed by atoms with Gasteiger partial charge in [0.05, 0.1) is 0 Å². The van der Waals surface area contributed by atoms with Crippen LogP contribution in [0, 0.1) is 0 Å². The van der Waals surface area contributed by atoms with Gasteiger partial charge in [0.1, 0.15) is 0 Å². The van der Waals surface area contributed by atoms with E-state index < -0.39 is 5.97 Å². The SMILES string of the molecule is CC/C=C/C(=O)OCC(=O)c1ccc2c(c1)OCO2. The van der Waals surface area contributed by atoms with Gasteiger partial charge in [-0.3, -0.25) is 4.79 Å². The fourth-order valence-corrected chi connectivity index (χ4v) is 1.55. The lowest BCUT2D eigenvalue weighted by atomic mass is 10.1. The molecular formula is C14H14O5. The average molecular weight is 262 g/mol. The van der Waals surface area contributed by atoms with E-state index in [1.807, 2.05) is 6.92 Å². The van der Waals surface area contributed by atoms with E-state index in [2.05, 4.69) is 0 Å². The van der Waals surface area contributed by atoms with Crippen LogP contribution in [-0.2, 0) is 9.53 Å². The molecule has 0 amide bonds. The molecule has 0 aliphatic carbocycles. The highest BCUT2D eigenvalue weighted by Gasteiger charge is 2.16. The van der Waals surface area contributed by atoms with Gasteiger partial charge in [-0.25, -0.2) is 4.79 Å². The molecule has 0 bridgehead atoms. The molecular weight excluding hydrogens is 248 g/mol. The highest BCUT2D eigenvalue weighted by molar-refractivity contribution is 5.99. The van der Waals surface area contributed by atoms with Crippen LogP contribution in [0.1, 0.15) is 23.7 Å². The maximum atomic E-state index is 11.8. The molecule has 5 nitrogen and oxygen atoms in total. The van der Waals surface area contributed by atoms with Gasteiger partial charge in [0, 0.05) is 11.6 Å². The second kappa shape index (κ2) is 6.04. The topological polar surface area (TPSA) is 61.8 Å². The van der Waals surface area contributed by atoms with Crippen molar-refractivity contribution in [3.8, 4) is 11.5 Å². The van der Waals surface area contributed by atoms with E-state index in [-0.39, 0.29) is 19.2 Å². The first-order valence-electron chi connectivity index (χ1n) is 5.97. The lowest BCUT2D eigenvalue weighted by Gasteiger charge is -2.03. The van der Waals surface area contributed by atoms with Crippen LogP contribution in [0.3, 0.4) is 0 Å². The second-order valence-corrected chi connectivity index (χ2v) is 3.91. The number of hydrogen-bond donors (Lipinski definition) is 0. The van der Waals surface area contributed by atoms with E-state index in [0.717, 1.165) is 6.42 Å².